The molecule has 0 aliphatic rings. The molecule has 6 nitrogen and oxygen atoms in total. The molecule has 7 heteroatoms. The molecule has 0 saturated carbocycles. The van der Waals surface area contributed by atoms with E-state index in [1.807, 2.05) is 13.0 Å². The van der Waals surface area contributed by atoms with Crippen molar-refractivity contribution in [2.45, 2.75) is 25.2 Å². The first-order valence-corrected chi connectivity index (χ1v) is 9.29. The number of carbonyl (C=O) groups excluding carboxylic acids is 1. The maximum atomic E-state index is 12.7. The van der Waals surface area contributed by atoms with E-state index >= 15 is 0 Å². The van der Waals surface area contributed by atoms with Crippen LogP contribution < -0.4 is 10.0 Å². The van der Waals surface area contributed by atoms with Gasteiger partial charge >= 0.3 is 0 Å². The number of aryl methyl sites for hydroxylation is 2. The first kappa shape index (κ1) is 19.0. The molecule has 25 heavy (non-hydrogen) atoms. The lowest BCUT2D eigenvalue weighted by Gasteiger charge is -2.13. The number of benzene rings is 2. The molecular weight excluding hydrogens is 340 g/mol. The zero-order valence-corrected chi connectivity index (χ0v) is 15.3. The molecule has 0 fully saturated rings. The number of amides is 1. The standard InChI is InChI=1S/C18H22N2O4S/c1-13-5-4-6-16(11-13)20-25(22,23)17-12-15(8-7-14(17)2)19-18(21)9-10-24-3/h4-8,11-12,20H,9-10H2,1-3H3,(H,19,21). The van der Waals surface area contributed by atoms with E-state index in [9.17, 15) is 13.2 Å². The fraction of sp³-hybridized carbons (Fsp3) is 0.278. The summed E-state index contributed by atoms with van der Waals surface area (Å²) in [6.45, 7) is 3.90. The molecule has 2 rings (SSSR count). The molecule has 0 radical (unpaired) electrons. The molecule has 0 bridgehead atoms. The second-order valence-electron chi connectivity index (χ2n) is 5.75. The summed E-state index contributed by atoms with van der Waals surface area (Å²) in [5.41, 5.74) is 2.47. The molecule has 0 aromatic heterocycles. The van der Waals surface area contributed by atoms with Gasteiger partial charge in [-0.25, -0.2) is 8.42 Å². The van der Waals surface area contributed by atoms with Crippen LogP contribution in [0.1, 0.15) is 17.5 Å². The van der Waals surface area contributed by atoms with Crippen molar-refractivity contribution >= 4 is 27.3 Å². The van der Waals surface area contributed by atoms with E-state index < -0.39 is 10.0 Å². The van der Waals surface area contributed by atoms with Gasteiger partial charge in [-0.05, 0) is 49.2 Å². The molecule has 134 valence electrons. The second-order valence-corrected chi connectivity index (χ2v) is 7.40. The monoisotopic (exact) mass is 362 g/mol. The zero-order valence-electron chi connectivity index (χ0n) is 14.5. The number of ether oxygens (including phenoxy) is 1. The Balaban J connectivity index is 2.24. The highest BCUT2D eigenvalue weighted by Gasteiger charge is 2.18. The molecule has 0 atom stereocenters. The van der Waals surface area contributed by atoms with Crippen molar-refractivity contribution in [1.82, 2.24) is 0 Å². The third-order valence-electron chi connectivity index (χ3n) is 3.56. The molecule has 1 amide bonds. The van der Waals surface area contributed by atoms with Crippen LogP contribution in [-0.4, -0.2) is 28.0 Å². The molecule has 0 spiro atoms. The van der Waals surface area contributed by atoms with Crippen molar-refractivity contribution in [2.75, 3.05) is 23.8 Å². The van der Waals surface area contributed by atoms with Crippen molar-refractivity contribution in [2.24, 2.45) is 0 Å². The summed E-state index contributed by atoms with van der Waals surface area (Å²) >= 11 is 0. The molecule has 2 N–H and O–H groups in total. The third kappa shape index (κ3) is 5.30. The quantitative estimate of drug-likeness (QED) is 0.793. The van der Waals surface area contributed by atoms with Crippen LogP contribution in [0.15, 0.2) is 47.4 Å². The molecule has 0 aliphatic carbocycles. The fourth-order valence-corrected chi connectivity index (χ4v) is 3.63. The highest BCUT2D eigenvalue weighted by Crippen LogP contribution is 2.23. The molecule has 2 aromatic carbocycles. The van der Waals surface area contributed by atoms with E-state index in [-0.39, 0.29) is 17.2 Å². The lowest BCUT2D eigenvalue weighted by atomic mass is 10.2. The Morgan fingerprint density at radius 2 is 1.84 bits per heavy atom. The van der Waals surface area contributed by atoms with Crippen LogP contribution in [0.3, 0.4) is 0 Å². The Labute approximate surface area is 148 Å². The predicted molar refractivity (Wildman–Crippen MR) is 98.3 cm³/mol. The normalized spacial score (nSPS) is 11.2. The molecule has 0 aliphatic heterocycles. The summed E-state index contributed by atoms with van der Waals surface area (Å²) in [5.74, 6) is -0.235. The van der Waals surface area contributed by atoms with Gasteiger partial charge in [-0.15, -0.1) is 0 Å². The summed E-state index contributed by atoms with van der Waals surface area (Å²) in [7, 11) is -2.25. The van der Waals surface area contributed by atoms with Crippen molar-refractivity contribution in [3.05, 3.63) is 53.6 Å². The largest absolute Gasteiger partial charge is 0.384 e. The summed E-state index contributed by atoms with van der Waals surface area (Å²) in [4.78, 5) is 11.9. The number of carbonyl (C=O) groups is 1. The molecule has 2 aromatic rings. The molecular formula is C18H22N2O4S. The minimum atomic E-state index is -3.76. The predicted octanol–water partition coefficient (Wildman–Crippen LogP) is 3.08. The van der Waals surface area contributed by atoms with E-state index in [2.05, 4.69) is 10.0 Å². The lowest BCUT2D eigenvalue weighted by Crippen LogP contribution is -2.17. The van der Waals surface area contributed by atoms with Crippen LogP contribution >= 0.6 is 0 Å². The molecule has 0 unspecified atom stereocenters. The minimum Gasteiger partial charge on any atom is -0.384 e. The van der Waals surface area contributed by atoms with Gasteiger partial charge in [0.1, 0.15) is 0 Å². The van der Waals surface area contributed by atoms with Gasteiger partial charge in [0.05, 0.1) is 17.9 Å². The van der Waals surface area contributed by atoms with Gasteiger partial charge in [-0.2, -0.15) is 0 Å². The highest BCUT2D eigenvalue weighted by molar-refractivity contribution is 7.92. The van der Waals surface area contributed by atoms with Crippen molar-refractivity contribution in [3.63, 3.8) is 0 Å². The van der Waals surface area contributed by atoms with Gasteiger partial charge in [-0.3, -0.25) is 9.52 Å². The van der Waals surface area contributed by atoms with Gasteiger partial charge in [-0.1, -0.05) is 18.2 Å². The van der Waals surface area contributed by atoms with Crippen LogP contribution in [0.4, 0.5) is 11.4 Å². The van der Waals surface area contributed by atoms with E-state index in [0.717, 1.165) is 5.56 Å². The van der Waals surface area contributed by atoms with Crippen LogP contribution in [-0.2, 0) is 19.6 Å². The minimum absolute atomic E-state index is 0.124. The SMILES string of the molecule is COCCC(=O)Nc1ccc(C)c(S(=O)(=O)Nc2cccc(C)c2)c1. The van der Waals surface area contributed by atoms with Gasteiger partial charge in [0, 0.05) is 18.5 Å². The van der Waals surface area contributed by atoms with Crippen molar-refractivity contribution in [3.8, 4) is 0 Å². The van der Waals surface area contributed by atoms with Gasteiger partial charge in [0.15, 0.2) is 0 Å². The van der Waals surface area contributed by atoms with E-state index in [1.165, 1.54) is 13.2 Å². The van der Waals surface area contributed by atoms with E-state index in [4.69, 9.17) is 4.74 Å². The summed E-state index contributed by atoms with van der Waals surface area (Å²) in [6, 6.07) is 11.9. The zero-order chi connectivity index (χ0) is 18.4. The Morgan fingerprint density at radius 1 is 1.08 bits per heavy atom. The number of anilines is 2. The summed E-state index contributed by atoms with van der Waals surface area (Å²) < 4.78 is 32.8. The van der Waals surface area contributed by atoms with Gasteiger partial charge in [0.25, 0.3) is 10.0 Å². The van der Waals surface area contributed by atoms with Gasteiger partial charge < -0.3 is 10.1 Å². The first-order chi connectivity index (χ1) is 11.8. The van der Waals surface area contributed by atoms with E-state index in [0.29, 0.717) is 23.5 Å². The third-order valence-corrected chi connectivity index (χ3v) is 5.09. The lowest BCUT2D eigenvalue weighted by molar-refractivity contribution is -0.117. The number of hydrogen-bond acceptors (Lipinski definition) is 4. The Hall–Kier alpha value is -2.38. The first-order valence-electron chi connectivity index (χ1n) is 7.81. The smallest absolute Gasteiger partial charge is 0.262 e. The number of nitrogens with one attached hydrogen (secondary N) is 2. The van der Waals surface area contributed by atoms with Crippen LogP contribution in [0.2, 0.25) is 0 Å². The number of hydrogen-bond donors (Lipinski definition) is 2. The van der Waals surface area contributed by atoms with Crippen LogP contribution in [0.5, 0.6) is 0 Å². The maximum Gasteiger partial charge on any atom is 0.262 e. The summed E-state index contributed by atoms with van der Waals surface area (Å²) in [5, 5.41) is 2.68. The molecule has 0 heterocycles. The average Bonchev–Trinajstić information content (AvgIpc) is 2.54. The maximum absolute atomic E-state index is 12.7. The van der Waals surface area contributed by atoms with Crippen LogP contribution in [0, 0.1) is 13.8 Å². The number of methoxy groups -OCH3 is 1. The second kappa shape index (κ2) is 8.13. The number of rotatable bonds is 7. The average molecular weight is 362 g/mol. The Bertz CT molecular complexity index is 863. The Morgan fingerprint density at radius 3 is 2.52 bits per heavy atom. The Kier molecular flexibility index (Phi) is 6.17. The van der Waals surface area contributed by atoms with Crippen molar-refractivity contribution < 1.29 is 17.9 Å². The van der Waals surface area contributed by atoms with Crippen molar-refractivity contribution in [1.29, 1.82) is 0 Å². The fourth-order valence-electron chi connectivity index (χ4n) is 2.30. The molecule has 0 saturated heterocycles. The van der Waals surface area contributed by atoms with E-state index in [1.54, 1.807) is 37.3 Å². The number of sulfonamides is 1. The van der Waals surface area contributed by atoms with Gasteiger partial charge in [0.2, 0.25) is 5.91 Å². The highest BCUT2D eigenvalue weighted by atomic mass is 32.2. The van der Waals surface area contributed by atoms with Crippen LogP contribution in [0.25, 0.3) is 0 Å². The summed E-state index contributed by atoms with van der Waals surface area (Å²) in [6.07, 6.45) is 0.202. The topological polar surface area (TPSA) is 84.5 Å².